The van der Waals surface area contributed by atoms with Crippen molar-refractivity contribution in [2.45, 2.75) is 33.7 Å². The third kappa shape index (κ3) is 3.78. The number of ketones is 1. The van der Waals surface area contributed by atoms with Crippen LogP contribution in [0.5, 0.6) is 5.75 Å². The minimum absolute atomic E-state index is 0.205. The molecule has 0 bridgehead atoms. The first-order chi connectivity index (χ1) is 12.5. The summed E-state index contributed by atoms with van der Waals surface area (Å²) in [5.41, 5.74) is 3.99. The lowest BCUT2D eigenvalue weighted by Crippen LogP contribution is -2.48. The highest BCUT2D eigenvalue weighted by Crippen LogP contribution is 2.27. The van der Waals surface area contributed by atoms with Gasteiger partial charge in [0.15, 0.2) is 5.78 Å². The highest BCUT2D eigenvalue weighted by molar-refractivity contribution is 5.99. The number of rotatable bonds is 6. The van der Waals surface area contributed by atoms with Gasteiger partial charge < -0.3 is 14.6 Å². The second-order valence-corrected chi connectivity index (χ2v) is 7.11. The average Bonchev–Trinajstić information content (AvgIpc) is 2.92. The molecule has 1 N–H and O–H groups in total. The minimum atomic E-state index is 0.205. The molecule has 1 aromatic carbocycles. The number of aromatic hydroxyl groups is 1. The molecular formula is C21H29N3O2. The van der Waals surface area contributed by atoms with E-state index in [0.717, 1.165) is 61.8 Å². The summed E-state index contributed by atoms with van der Waals surface area (Å²) in [6, 6.07) is 9.47. The van der Waals surface area contributed by atoms with Crippen LogP contribution in [0, 0.1) is 13.8 Å². The molecule has 0 atom stereocenters. The predicted molar refractivity (Wildman–Crippen MR) is 105 cm³/mol. The molecule has 1 aliphatic rings. The number of aromatic nitrogens is 1. The molecule has 3 rings (SSSR count). The fraction of sp³-hybridized carbons (Fsp3) is 0.476. The number of piperazine rings is 1. The van der Waals surface area contributed by atoms with E-state index >= 15 is 0 Å². The first-order valence-electron chi connectivity index (χ1n) is 9.46. The summed E-state index contributed by atoms with van der Waals surface area (Å²) in [4.78, 5) is 17.2. The van der Waals surface area contributed by atoms with Gasteiger partial charge in [0.2, 0.25) is 0 Å². The Morgan fingerprint density at radius 3 is 2.46 bits per heavy atom. The molecule has 1 fully saturated rings. The van der Waals surface area contributed by atoms with Gasteiger partial charge in [0, 0.05) is 49.7 Å². The number of hydrogen-bond donors (Lipinski definition) is 1. The van der Waals surface area contributed by atoms with E-state index < -0.39 is 0 Å². The van der Waals surface area contributed by atoms with Crippen molar-refractivity contribution in [1.29, 1.82) is 0 Å². The second-order valence-electron chi connectivity index (χ2n) is 7.11. The highest BCUT2D eigenvalue weighted by Gasteiger charge is 2.23. The van der Waals surface area contributed by atoms with Gasteiger partial charge in [-0.2, -0.15) is 0 Å². The molecule has 1 aromatic heterocycles. The molecule has 2 heterocycles. The predicted octanol–water partition coefficient (Wildman–Crippen LogP) is 3.23. The molecule has 0 spiro atoms. The summed E-state index contributed by atoms with van der Waals surface area (Å²) in [6.45, 7) is 11.0. The monoisotopic (exact) mass is 355 g/mol. The zero-order chi connectivity index (χ0) is 18.7. The van der Waals surface area contributed by atoms with Crippen molar-refractivity contribution < 1.29 is 9.90 Å². The maximum atomic E-state index is 12.8. The summed E-state index contributed by atoms with van der Waals surface area (Å²) in [6.07, 6.45) is 1.07. The Morgan fingerprint density at radius 2 is 1.81 bits per heavy atom. The van der Waals surface area contributed by atoms with Gasteiger partial charge in [-0.15, -0.1) is 0 Å². The molecule has 26 heavy (non-hydrogen) atoms. The van der Waals surface area contributed by atoms with Crippen LogP contribution >= 0.6 is 0 Å². The third-order valence-corrected chi connectivity index (χ3v) is 5.28. The van der Waals surface area contributed by atoms with Gasteiger partial charge in [0.1, 0.15) is 5.75 Å². The van der Waals surface area contributed by atoms with E-state index in [9.17, 15) is 9.90 Å². The van der Waals surface area contributed by atoms with E-state index in [1.165, 1.54) is 0 Å². The zero-order valence-electron chi connectivity index (χ0n) is 16.0. The number of phenols is 1. The summed E-state index contributed by atoms with van der Waals surface area (Å²) in [5.74, 6) is 0.525. The fourth-order valence-corrected chi connectivity index (χ4v) is 3.82. The van der Waals surface area contributed by atoms with Gasteiger partial charge in [-0.05, 0) is 38.5 Å². The fourth-order valence-electron chi connectivity index (χ4n) is 3.82. The van der Waals surface area contributed by atoms with Crippen LogP contribution in [0.25, 0.3) is 0 Å². The van der Waals surface area contributed by atoms with Crippen molar-refractivity contribution in [2.75, 3.05) is 37.6 Å². The Kier molecular flexibility index (Phi) is 5.67. The molecule has 0 saturated carbocycles. The van der Waals surface area contributed by atoms with E-state index in [4.69, 9.17) is 0 Å². The molecular weight excluding hydrogens is 326 g/mol. The van der Waals surface area contributed by atoms with Crippen molar-refractivity contribution in [3.05, 3.63) is 47.3 Å². The van der Waals surface area contributed by atoms with Crippen LogP contribution in [0.4, 0.5) is 5.69 Å². The van der Waals surface area contributed by atoms with Crippen molar-refractivity contribution in [1.82, 2.24) is 9.47 Å². The minimum Gasteiger partial charge on any atom is -0.506 e. The lowest BCUT2D eigenvalue weighted by atomic mass is 10.1. The van der Waals surface area contributed by atoms with Gasteiger partial charge in [-0.25, -0.2) is 0 Å². The topological polar surface area (TPSA) is 48.7 Å². The van der Waals surface area contributed by atoms with Gasteiger partial charge in [0.05, 0.1) is 12.2 Å². The Balaban J connectivity index is 1.60. The summed E-state index contributed by atoms with van der Waals surface area (Å²) < 4.78 is 2.24. The number of carbonyl (C=O) groups is 1. The lowest BCUT2D eigenvalue weighted by Gasteiger charge is -2.35. The van der Waals surface area contributed by atoms with Gasteiger partial charge in [-0.3, -0.25) is 9.69 Å². The number of nitrogens with zero attached hydrogens (tertiary/aromatic N) is 3. The Labute approximate surface area is 155 Å². The molecule has 1 aliphatic heterocycles. The van der Waals surface area contributed by atoms with Gasteiger partial charge >= 0.3 is 0 Å². The summed E-state index contributed by atoms with van der Waals surface area (Å²) >= 11 is 0. The van der Waals surface area contributed by atoms with Crippen LogP contribution in [0.1, 0.15) is 35.1 Å². The van der Waals surface area contributed by atoms with Crippen molar-refractivity contribution in [3.63, 3.8) is 0 Å². The molecule has 0 aliphatic carbocycles. The van der Waals surface area contributed by atoms with Gasteiger partial charge in [0.25, 0.3) is 0 Å². The number of anilines is 1. The Morgan fingerprint density at radius 1 is 1.12 bits per heavy atom. The standard InChI is InChI=1S/C21H29N3O2/c1-4-9-24-16(2)14-18(17(24)3)21(26)15-22-10-12-23(13-11-22)19-7-5-6-8-20(19)25/h5-8,14,25H,4,9-13,15H2,1-3H3. The second kappa shape index (κ2) is 7.96. The molecule has 1 saturated heterocycles. The Hall–Kier alpha value is -2.27. The first kappa shape index (κ1) is 18.5. The lowest BCUT2D eigenvalue weighted by molar-refractivity contribution is 0.0925. The average molecular weight is 355 g/mol. The van der Waals surface area contributed by atoms with Crippen LogP contribution in [0.15, 0.2) is 30.3 Å². The van der Waals surface area contributed by atoms with Crippen molar-refractivity contribution in [3.8, 4) is 5.75 Å². The highest BCUT2D eigenvalue weighted by atomic mass is 16.3. The molecule has 2 aromatic rings. The van der Waals surface area contributed by atoms with Crippen LogP contribution in [-0.2, 0) is 6.54 Å². The number of aryl methyl sites for hydroxylation is 1. The molecule has 5 heteroatoms. The quantitative estimate of drug-likeness (QED) is 0.808. The number of hydrogen-bond acceptors (Lipinski definition) is 4. The van der Waals surface area contributed by atoms with Crippen molar-refractivity contribution >= 4 is 11.5 Å². The maximum absolute atomic E-state index is 12.8. The SMILES string of the molecule is CCCn1c(C)cc(C(=O)CN2CCN(c3ccccc3O)CC2)c1C. The first-order valence-corrected chi connectivity index (χ1v) is 9.46. The smallest absolute Gasteiger partial charge is 0.178 e. The number of carbonyl (C=O) groups excluding carboxylic acids is 1. The maximum Gasteiger partial charge on any atom is 0.178 e. The molecule has 0 unspecified atom stereocenters. The number of phenolic OH excluding ortho intramolecular Hbond substituents is 1. The van der Waals surface area contributed by atoms with Gasteiger partial charge in [-0.1, -0.05) is 19.1 Å². The molecule has 0 amide bonds. The molecule has 5 nitrogen and oxygen atoms in total. The van der Waals surface area contributed by atoms with Crippen molar-refractivity contribution in [2.24, 2.45) is 0 Å². The number of benzene rings is 1. The van der Waals surface area contributed by atoms with E-state index in [0.29, 0.717) is 12.3 Å². The Bertz CT molecular complexity index is 774. The van der Waals surface area contributed by atoms with E-state index in [1.54, 1.807) is 6.07 Å². The third-order valence-electron chi connectivity index (χ3n) is 5.28. The molecule has 140 valence electrons. The van der Waals surface area contributed by atoms with E-state index in [-0.39, 0.29) is 5.78 Å². The summed E-state index contributed by atoms with van der Waals surface area (Å²) in [7, 11) is 0. The summed E-state index contributed by atoms with van der Waals surface area (Å²) in [5, 5.41) is 10.0. The normalized spacial score (nSPS) is 15.4. The zero-order valence-corrected chi connectivity index (χ0v) is 16.0. The molecule has 0 radical (unpaired) electrons. The van der Waals surface area contributed by atoms with Crippen LogP contribution in [-0.4, -0.2) is 53.1 Å². The van der Waals surface area contributed by atoms with Crippen LogP contribution in [0.2, 0.25) is 0 Å². The number of Topliss-reactive ketones (excluding diaryl/α,β-unsaturated/α-hetero) is 1. The van der Waals surface area contributed by atoms with E-state index in [2.05, 4.69) is 28.2 Å². The largest absolute Gasteiger partial charge is 0.506 e. The van der Waals surface area contributed by atoms with Crippen LogP contribution < -0.4 is 4.90 Å². The van der Waals surface area contributed by atoms with E-state index in [1.807, 2.05) is 31.2 Å². The number of para-hydroxylation sites is 2. The van der Waals surface area contributed by atoms with Crippen LogP contribution in [0.3, 0.4) is 0 Å².